The van der Waals surface area contributed by atoms with Gasteiger partial charge >= 0.3 is 5.89 Å². The summed E-state index contributed by atoms with van der Waals surface area (Å²) in [7, 11) is 0. The van der Waals surface area contributed by atoms with E-state index in [-0.39, 0.29) is 0 Å². The predicted octanol–water partition coefficient (Wildman–Crippen LogP) is 6.11. The molecule has 1 aliphatic rings. The third kappa shape index (κ3) is 3.19. The minimum atomic E-state index is 0.868. The van der Waals surface area contributed by atoms with E-state index in [2.05, 4.69) is 102 Å². The average molecular weight is 411 g/mol. The molecular formula is C27H28N3O+. The number of benzene rings is 3. The van der Waals surface area contributed by atoms with Crippen molar-refractivity contribution in [2.45, 2.75) is 27.3 Å². The van der Waals surface area contributed by atoms with Gasteiger partial charge in [-0.15, -0.1) is 0 Å². The van der Waals surface area contributed by atoms with Crippen molar-refractivity contribution in [2.75, 3.05) is 22.9 Å². The maximum absolute atomic E-state index is 6.09. The van der Waals surface area contributed by atoms with E-state index in [1.54, 1.807) is 0 Å². The lowest BCUT2D eigenvalue weighted by Gasteiger charge is -2.23. The van der Waals surface area contributed by atoms with Crippen LogP contribution in [-0.4, -0.2) is 13.1 Å². The third-order valence-electron chi connectivity index (χ3n) is 6.05. The molecule has 4 heteroatoms. The fourth-order valence-corrected chi connectivity index (χ4v) is 4.61. The highest BCUT2D eigenvalue weighted by atomic mass is 16.3. The molecule has 1 aromatic heterocycles. The Bertz CT molecular complexity index is 1260. The smallest absolute Gasteiger partial charge is 0.374 e. The lowest BCUT2D eigenvalue weighted by molar-refractivity contribution is -0.674. The first-order valence-electron chi connectivity index (χ1n) is 11.1. The van der Waals surface area contributed by atoms with Gasteiger partial charge in [0.25, 0.3) is 5.52 Å². The molecule has 1 aliphatic heterocycles. The van der Waals surface area contributed by atoms with Crippen LogP contribution in [0.5, 0.6) is 0 Å². The summed E-state index contributed by atoms with van der Waals surface area (Å²) in [5.41, 5.74) is 4.59. The van der Waals surface area contributed by atoms with Gasteiger partial charge in [0.2, 0.25) is 5.58 Å². The standard InChI is InChI=1S/C27H28N3O/c1-4-28-23-18-20-12-7-8-13-21(20)19-24(23)29(5-2)26(28)16-11-17-27-30(6-3)22-14-9-10-15-25(22)31-27/h7-19H,4-6H2,1-3H3/q+1. The quantitative estimate of drug-likeness (QED) is 0.371. The number of hydrogen-bond donors (Lipinski definition) is 0. The summed E-state index contributed by atoms with van der Waals surface area (Å²) < 4.78 is 8.30. The van der Waals surface area contributed by atoms with Crippen molar-refractivity contribution in [3.8, 4) is 0 Å². The molecule has 0 atom stereocenters. The van der Waals surface area contributed by atoms with E-state index in [9.17, 15) is 0 Å². The Morgan fingerprint density at radius 2 is 1.45 bits per heavy atom. The number of nitrogens with zero attached hydrogens (tertiary/aromatic N) is 3. The first-order valence-corrected chi connectivity index (χ1v) is 11.1. The monoisotopic (exact) mass is 410 g/mol. The molecule has 31 heavy (non-hydrogen) atoms. The Hall–Kier alpha value is -3.53. The molecule has 2 heterocycles. The number of anilines is 2. The normalized spacial score (nSPS) is 13.7. The van der Waals surface area contributed by atoms with Gasteiger partial charge in [0, 0.05) is 19.2 Å². The molecule has 4 aromatic rings. The lowest BCUT2D eigenvalue weighted by atomic mass is 10.1. The minimum Gasteiger partial charge on any atom is -0.398 e. The Morgan fingerprint density at radius 1 is 0.839 bits per heavy atom. The largest absolute Gasteiger partial charge is 0.398 e. The van der Waals surface area contributed by atoms with Crippen LogP contribution < -0.4 is 14.4 Å². The fraction of sp³-hybridized carbons (Fsp3) is 0.222. The van der Waals surface area contributed by atoms with E-state index in [0.717, 1.165) is 36.6 Å². The fourth-order valence-electron chi connectivity index (χ4n) is 4.61. The average Bonchev–Trinajstić information content (AvgIpc) is 3.31. The van der Waals surface area contributed by atoms with Crippen molar-refractivity contribution in [1.29, 1.82) is 0 Å². The Labute approximate surface area is 183 Å². The van der Waals surface area contributed by atoms with Gasteiger partial charge in [0.1, 0.15) is 12.4 Å². The molecular weight excluding hydrogens is 382 g/mol. The summed E-state index contributed by atoms with van der Waals surface area (Å²) in [6, 6.07) is 21.4. The maximum Gasteiger partial charge on any atom is 0.374 e. The van der Waals surface area contributed by atoms with Crippen LogP contribution in [0.15, 0.2) is 83.1 Å². The van der Waals surface area contributed by atoms with Gasteiger partial charge in [0.15, 0.2) is 0 Å². The van der Waals surface area contributed by atoms with Crippen molar-refractivity contribution in [3.63, 3.8) is 0 Å². The van der Waals surface area contributed by atoms with Gasteiger partial charge in [-0.2, -0.15) is 4.57 Å². The van der Waals surface area contributed by atoms with Gasteiger partial charge in [-0.3, -0.25) is 0 Å². The molecule has 156 valence electrons. The van der Waals surface area contributed by atoms with Gasteiger partial charge in [-0.1, -0.05) is 36.4 Å². The molecule has 0 N–H and O–H groups in total. The van der Waals surface area contributed by atoms with Crippen LogP contribution in [0.3, 0.4) is 0 Å². The second kappa shape index (κ2) is 7.95. The number of oxazole rings is 1. The molecule has 0 aliphatic carbocycles. The number of aromatic nitrogens is 1. The van der Waals surface area contributed by atoms with Crippen molar-refractivity contribution in [2.24, 2.45) is 0 Å². The van der Waals surface area contributed by atoms with E-state index in [1.807, 2.05) is 12.1 Å². The van der Waals surface area contributed by atoms with Crippen molar-refractivity contribution < 1.29 is 8.98 Å². The van der Waals surface area contributed by atoms with Gasteiger partial charge in [-0.05, 0) is 61.9 Å². The Morgan fingerprint density at radius 3 is 2.06 bits per heavy atom. The second-order valence-corrected chi connectivity index (χ2v) is 7.71. The summed E-state index contributed by atoms with van der Waals surface area (Å²) >= 11 is 0. The number of para-hydroxylation sites is 2. The van der Waals surface area contributed by atoms with Gasteiger partial charge < -0.3 is 14.2 Å². The summed E-state index contributed by atoms with van der Waals surface area (Å²) in [6.45, 7) is 9.27. The number of allylic oxidation sites excluding steroid dienone is 2. The summed E-state index contributed by atoms with van der Waals surface area (Å²) in [6.07, 6.45) is 6.37. The topological polar surface area (TPSA) is 23.5 Å². The predicted molar refractivity (Wildman–Crippen MR) is 129 cm³/mol. The van der Waals surface area contributed by atoms with Crippen LogP contribution in [0.2, 0.25) is 0 Å². The molecule has 0 saturated heterocycles. The minimum absolute atomic E-state index is 0.868. The molecule has 0 bridgehead atoms. The van der Waals surface area contributed by atoms with Crippen LogP contribution in [0, 0.1) is 0 Å². The highest BCUT2D eigenvalue weighted by Crippen LogP contribution is 2.43. The van der Waals surface area contributed by atoms with E-state index >= 15 is 0 Å². The molecule has 0 spiro atoms. The second-order valence-electron chi connectivity index (χ2n) is 7.71. The number of aryl methyl sites for hydroxylation is 1. The number of rotatable bonds is 5. The molecule has 3 aromatic carbocycles. The molecule has 5 rings (SSSR count). The van der Waals surface area contributed by atoms with Crippen molar-refractivity contribution in [1.82, 2.24) is 0 Å². The summed E-state index contributed by atoms with van der Waals surface area (Å²) in [5.74, 6) is 2.07. The molecule has 0 amide bonds. The maximum atomic E-state index is 6.09. The first-order chi connectivity index (χ1) is 15.2. The van der Waals surface area contributed by atoms with E-state index in [0.29, 0.717) is 0 Å². The van der Waals surface area contributed by atoms with E-state index in [4.69, 9.17) is 4.42 Å². The van der Waals surface area contributed by atoms with Crippen molar-refractivity contribution >= 4 is 39.3 Å². The zero-order valence-corrected chi connectivity index (χ0v) is 18.4. The molecule has 0 unspecified atom stereocenters. The molecule has 0 fully saturated rings. The van der Waals surface area contributed by atoms with Crippen LogP contribution in [0.4, 0.5) is 11.4 Å². The lowest BCUT2D eigenvalue weighted by Crippen LogP contribution is -2.33. The van der Waals surface area contributed by atoms with E-state index < -0.39 is 0 Å². The first kappa shape index (κ1) is 19.4. The summed E-state index contributed by atoms with van der Waals surface area (Å²) in [4.78, 5) is 4.78. The van der Waals surface area contributed by atoms with Crippen LogP contribution in [-0.2, 0) is 6.54 Å². The highest BCUT2D eigenvalue weighted by molar-refractivity contribution is 5.96. The number of fused-ring (bicyclic) bond motifs is 3. The SMILES string of the molecule is CCN1C(=CC=Cc2oc3ccccc3[n+]2CC)N(CC)c2cc3ccccc3cc21. The van der Waals surface area contributed by atoms with Crippen molar-refractivity contribution in [3.05, 3.63) is 84.5 Å². The van der Waals surface area contributed by atoms with Gasteiger partial charge in [-0.25, -0.2) is 0 Å². The van der Waals surface area contributed by atoms with Crippen LogP contribution in [0.1, 0.15) is 26.7 Å². The van der Waals surface area contributed by atoms with Crippen LogP contribution >= 0.6 is 0 Å². The Balaban J connectivity index is 1.55. The summed E-state index contributed by atoms with van der Waals surface area (Å²) in [5, 5.41) is 2.55. The third-order valence-corrected chi connectivity index (χ3v) is 6.05. The van der Waals surface area contributed by atoms with Crippen LogP contribution in [0.25, 0.3) is 27.9 Å². The molecule has 0 radical (unpaired) electrons. The zero-order valence-electron chi connectivity index (χ0n) is 18.4. The van der Waals surface area contributed by atoms with Gasteiger partial charge in [0.05, 0.1) is 17.5 Å². The Kier molecular flexibility index (Phi) is 4.99. The number of hydrogen-bond acceptors (Lipinski definition) is 3. The molecule has 0 saturated carbocycles. The van der Waals surface area contributed by atoms with E-state index in [1.165, 1.54) is 28.0 Å². The zero-order chi connectivity index (χ0) is 21.4. The highest BCUT2D eigenvalue weighted by Gasteiger charge is 2.29. The molecule has 4 nitrogen and oxygen atoms in total.